The maximum absolute atomic E-state index is 13.5. The van der Waals surface area contributed by atoms with E-state index in [1.165, 1.54) is 13.2 Å². The van der Waals surface area contributed by atoms with E-state index in [4.69, 9.17) is 21.1 Å². The smallest absolute Gasteiger partial charge is 0.165 e. The number of methoxy groups -OCH3 is 2. The second-order valence-electron chi connectivity index (χ2n) is 4.51. The standard InChI is InChI=1S/C16H17ClFNO2/c1-19-16(10-5-7-14(20-2)12(17)8-10)11-4-6-13(18)15(9-11)21-3/h4-9,16,19H,1-3H3. The third-order valence-corrected chi connectivity index (χ3v) is 3.60. The maximum Gasteiger partial charge on any atom is 0.165 e. The van der Waals surface area contributed by atoms with Crippen molar-refractivity contribution in [1.29, 1.82) is 0 Å². The van der Waals surface area contributed by atoms with Gasteiger partial charge in [0, 0.05) is 0 Å². The quantitative estimate of drug-likeness (QED) is 0.911. The Kier molecular flexibility index (Phi) is 5.04. The zero-order valence-corrected chi connectivity index (χ0v) is 12.9. The molecule has 0 amide bonds. The molecule has 0 bridgehead atoms. The van der Waals surface area contributed by atoms with Gasteiger partial charge in [0.25, 0.3) is 0 Å². The summed E-state index contributed by atoms with van der Waals surface area (Å²) < 4.78 is 23.7. The lowest BCUT2D eigenvalue weighted by molar-refractivity contribution is 0.385. The Hall–Kier alpha value is -1.78. The second kappa shape index (κ2) is 6.78. The highest BCUT2D eigenvalue weighted by molar-refractivity contribution is 6.32. The highest BCUT2D eigenvalue weighted by Gasteiger charge is 2.16. The van der Waals surface area contributed by atoms with Gasteiger partial charge in [0.2, 0.25) is 0 Å². The van der Waals surface area contributed by atoms with Crippen LogP contribution in [-0.2, 0) is 0 Å². The number of ether oxygens (including phenoxy) is 2. The molecule has 0 radical (unpaired) electrons. The van der Waals surface area contributed by atoms with Crippen molar-refractivity contribution >= 4 is 11.6 Å². The first-order valence-corrected chi connectivity index (χ1v) is 6.82. The molecule has 1 N–H and O–H groups in total. The van der Waals surface area contributed by atoms with Gasteiger partial charge in [0.05, 0.1) is 25.3 Å². The van der Waals surface area contributed by atoms with Crippen molar-refractivity contribution in [3.05, 3.63) is 58.4 Å². The minimum atomic E-state index is -0.385. The molecule has 0 fully saturated rings. The van der Waals surface area contributed by atoms with Gasteiger partial charge in [0.1, 0.15) is 5.75 Å². The molecule has 2 aromatic rings. The summed E-state index contributed by atoms with van der Waals surface area (Å²) in [4.78, 5) is 0. The summed E-state index contributed by atoms with van der Waals surface area (Å²) >= 11 is 6.16. The minimum Gasteiger partial charge on any atom is -0.495 e. The molecule has 112 valence electrons. The molecule has 3 nitrogen and oxygen atoms in total. The predicted molar refractivity (Wildman–Crippen MR) is 81.9 cm³/mol. The molecule has 1 atom stereocenters. The zero-order chi connectivity index (χ0) is 15.4. The Bertz CT molecular complexity index is 634. The summed E-state index contributed by atoms with van der Waals surface area (Å²) in [6.07, 6.45) is 0. The molecule has 2 rings (SSSR count). The van der Waals surface area contributed by atoms with Gasteiger partial charge in [-0.3, -0.25) is 0 Å². The molecule has 2 aromatic carbocycles. The zero-order valence-electron chi connectivity index (χ0n) is 12.1. The van der Waals surface area contributed by atoms with Crippen LogP contribution in [0.3, 0.4) is 0 Å². The molecule has 5 heteroatoms. The average Bonchev–Trinajstić information content (AvgIpc) is 2.49. The van der Waals surface area contributed by atoms with E-state index in [0.29, 0.717) is 10.8 Å². The molecule has 21 heavy (non-hydrogen) atoms. The lowest BCUT2D eigenvalue weighted by Gasteiger charge is -2.19. The van der Waals surface area contributed by atoms with E-state index >= 15 is 0 Å². The fourth-order valence-corrected chi connectivity index (χ4v) is 2.51. The van der Waals surface area contributed by atoms with Crippen LogP contribution in [0.25, 0.3) is 0 Å². The summed E-state index contributed by atoms with van der Waals surface area (Å²) in [6.45, 7) is 0. The second-order valence-corrected chi connectivity index (χ2v) is 4.92. The molecule has 0 saturated heterocycles. The van der Waals surface area contributed by atoms with E-state index in [9.17, 15) is 4.39 Å². The van der Waals surface area contributed by atoms with Crippen LogP contribution in [0.4, 0.5) is 4.39 Å². The normalized spacial score (nSPS) is 12.0. The molecule has 0 spiro atoms. The van der Waals surface area contributed by atoms with Gasteiger partial charge in [-0.2, -0.15) is 0 Å². The molecule has 0 aliphatic rings. The first-order chi connectivity index (χ1) is 10.1. The van der Waals surface area contributed by atoms with Crippen molar-refractivity contribution in [3.8, 4) is 11.5 Å². The third-order valence-electron chi connectivity index (χ3n) is 3.31. The van der Waals surface area contributed by atoms with Crippen molar-refractivity contribution in [2.45, 2.75) is 6.04 Å². The SMILES string of the molecule is CNC(c1ccc(OC)c(Cl)c1)c1ccc(F)c(OC)c1. The summed E-state index contributed by atoms with van der Waals surface area (Å²) in [5.41, 5.74) is 1.84. The number of rotatable bonds is 5. The van der Waals surface area contributed by atoms with Crippen LogP contribution in [-0.4, -0.2) is 21.3 Å². The molecular formula is C16H17ClFNO2. The first-order valence-electron chi connectivity index (χ1n) is 6.44. The van der Waals surface area contributed by atoms with Crippen molar-refractivity contribution in [3.63, 3.8) is 0 Å². The summed E-state index contributed by atoms with van der Waals surface area (Å²) in [5, 5.41) is 3.72. The van der Waals surface area contributed by atoms with E-state index < -0.39 is 0 Å². The molecular weight excluding hydrogens is 293 g/mol. The number of nitrogens with one attached hydrogen (secondary N) is 1. The van der Waals surface area contributed by atoms with Crippen LogP contribution in [0.5, 0.6) is 11.5 Å². The number of hydrogen-bond donors (Lipinski definition) is 1. The fourth-order valence-electron chi connectivity index (χ4n) is 2.24. The van der Waals surface area contributed by atoms with Gasteiger partial charge in [-0.1, -0.05) is 23.7 Å². The molecule has 0 aliphatic carbocycles. The fraction of sp³-hybridized carbons (Fsp3) is 0.250. The van der Waals surface area contributed by atoms with Crippen LogP contribution >= 0.6 is 11.6 Å². The molecule has 0 aliphatic heterocycles. The monoisotopic (exact) mass is 309 g/mol. The Morgan fingerprint density at radius 1 is 1.00 bits per heavy atom. The van der Waals surface area contributed by atoms with E-state index in [2.05, 4.69) is 5.32 Å². The Balaban J connectivity index is 2.41. The summed E-state index contributed by atoms with van der Waals surface area (Å²) in [5.74, 6) is 0.447. The molecule has 1 unspecified atom stereocenters. The van der Waals surface area contributed by atoms with Gasteiger partial charge in [-0.05, 0) is 42.4 Å². The summed E-state index contributed by atoms with van der Waals surface area (Å²) in [6, 6.07) is 10.2. The number of benzene rings is 2. The average molecular weight is 310 g/mol. The number of halogens is 2. The molecule has 0 heterocycles. The van der Waals surface area contributed by atoms with Crippen LogP contribution in [0.2, 0.25) is 5.02 Å². The van der Waals surface area contributed by atoms with E-state index in [1.807, 2.05) is 25.2 Å². The van der Waals surface area contributed by atoms with Crippen LogP contribution in [0, 0.1) is 5.82 Å². The van der Waals surface area contributed by atoms with E-state index in [0.717, 1.165) is 11.1 Å². The predicted octanol–water partition coefficient (Wildman–Crippen LogP) is 3.81. The van der Waals surface area contributed by atoms with Crippen LogP contribution in [0.15, 0.2) is 36.4 Å². The Morgan fingerprint density at radius 2 is 1.62 bits per heavy atom. The molecule has 0 saturated carbocycles. The van der Waals surface area contributed by atoms with Gasteiger partial charge in [-0.15, -0.1) is 0 Å². The highest BCUT2D eigenvalue weighted by Crippen LogP contribution is 2.31. The van der Waals surface area contributed by atoms with Gasteiger partial charge in [0.15, 0.2) is 11.6 Å². The largest absolute Gasteiger partial charge is 0.495 e. The molecule has 0 aromatic heterocycles. The van der Waals surface area contributed by atoms with E-state index in [-0.39, 0.29) is 17.6 Å². The maximum atomic E-state index is 13.5. The van der Waals surface area contributed by atoms with Crippen molar-refractivity contribution in [1.82, 2.24) is 5.32 Å². The van der Waals surface area contributed by atoms with Gasteiger partial charge >= 0.3 is 0 Å². The van der Waals surface area contributed by atoms with Crippen LogP contribution in [0.1, 0.15) is 17.2 Å². The summed E-state index contributed by atoms with van der Waals surface area (Å²) in [7, 11) is 4.85. The van der Waals surface area contributed by atoms with Crippen molar-refractivity contribution in [2.24, 2.45) is 0 Å². The van der Waals surface area contributed by atoms with Gasteiger partial charge < -0.3 is 14.8 Å². The van der Waals surface area contributed by atoms with Crippen molar-refractivity contribution in [2.75, 3.05) is 21.3 Å². The van der Waals surface area contributed by atoms with Crippen molar-refractivity contribution < 1.29 is 13.9 Å². The Labute approximate surface area is 128 Å². The van der Waals surface area contributed by atoms with Crippen LogP contribution < -0.4 is 14.8 Å². The third kappa shape index (κ3) is 3.28. The number of hydrogen-bond acceptors (Lipinski definition) is 3. The lowest BCUT2D eigenvalue weighted by Crippen LogP contribution is -2.17. The lowest BCUT2D eigenvalue weighted by atomic mass is 9.98. The first kappa shape index (κ1) is 15.6. The van der Waals surface area contributed by atoms with Gasteiger partial charge in [-0.25, -0.2) is 4.39 Å². The minimum absolute atomic E-state index is 0.122. The topological polar surface area (TPSA) is 30.5 Å². The Morgan fingerprint density at radius 3 is 2.19 bits per heavy atom. The highest BCUT2D eigenvalue weighted by atomic mass is 35.5. The van der Waals surface area contributed by atoms with E-state index in [1.54, 1.807) is 19.2 Å².